The summed E-state index contributed by atoms with van der Waals surface area (Å²) >= 11 is 0. The van der Waals surface area contributed by atoms with Crippen molar-refractivity contribution in [2.45, 2.75) is 13.0 Å². The van der Waals surface area contributed by atoms with E-state index in [0.29, 0.717) is 32.6 Å². The molecule has 0 unspecified atom stereocenters. The maximum Gasteiger partial charge on any atom is 0.223 e. The van der Waals surface area contributed by atoms with Crippen LogP contribution in [-0.2, 0) is 11.4 Å². The standard InChI is InChI=1S/C19H20N2O3/c20-21(14-22)10-8-16-9-11-23-19-12-17(6-7-18(16)19)24-13-15-4-2-1-3-5-15/h1-7,9,12,14H,8,10-11,13,20H2. The number of hydrogen-bond acceptors (Lipinski definition) is 4. The number of nitrogens with two attached hydrogens (primary N) is 1. The Morgan fingerprint density at radius 2 is 2.04 bits per heavy atom. The number of benzene rings is 2. The van der Waals surface area contributed by atoms with Gasteiger partial charge in [-0.3, -0.25) is 9.80 Å². The molecule has 0 fully saturated rings. The summed E-state index contributed by atoms with van der Waals surface area (Å²) in [5.74, 6) is 7.09. The van der Waals surface area contributed by atoms with Crippen molar-refractivity contribution in [2.24, 2.45) is 5.84 Å². The van der Waals surface area contributed by atoms with Gasteiger partial charge in [0.2, 0.25) is 6.41 Å². The zero-order chi connectivity index (χ0) is 16.8. The summed E-state index contributed by atoms with van der Waals surface area (Å²) in [5, 5.41) is 1.15. The van der Waals surface area contributed by atoms with Crippen LogP contribution in [0.3, 0.4) is 0 Å². The van der Waals surface area contributed by atoms with Gasteiger partial charge in [0, 0.05) is 18.2 Å². The van der Waals surface area contributed by atoms with Crippen LogP contribution < -0.4 is 15.3 Å². The third kappa shape index (κ3) is 3.94. The van der Waals surface area contributed by atoms with Crippen LogP contribution in [0.5, 0.6) is 11.5 Å². The molecule has 1 aliphatic rings. The molecule has 1 aliphatic heterocycles. The van der Waals surface area contributed by atoms with E-state index in [2.05, 4.69) is 0 Å². The molecule has 2 N–H and O–H groups in total. The Balaban J connectivity index is 1.67. The van der Waals surface area contributed by atoms with Crippen molar-refractivity contribution in [1.29, 1.82) is 0 Å². The predicted octanol–water partition coefficient (Wildman–Crippen LogP) is 2.76. The van der Waals surface area contributed by atoms with Crippen LogP contribution in [0.1, 0.15) is 17.5 Å². The highest BCUT2D eigenvalue weighted by Crippen LogP contribution is 2.34. The lowest BCUT2D eigenvalue weighted by Crippen LogP contribution is -2.30. The Hall–Kier alpha value is -2.79. The van der Waals surface area contributed by atoms with Gasteiger partial charge in [-0.2, -0.15) is 0 Å². The highest BCUT2D eigenvalue weighted by Gasteiger charge is 2.15. The average Bonchev–Trinajstić information content (AvgIpc) is 2.65. The van der Waals surface area contributed by atoms with Gasteiger partial charge >= 0.3 is 0 Å². The third-order valence-electron chi connectivity index (χ3n) is 3.89. The number of carbonyl (C=O) groups excluding carboxylic acids is 1. The second-order valence-electron chi connectivity index (χ2n) is 5.57. The van der Waals surface area contributed by atoms with Crippen molar-refractivity contribution in [2.75, 3.05) is 13.2 Å². The summed E-state index contributed by atoms with van der Waals surface area (Å²) in [6, 6.07) is 15.9. The molecule has 0 atom stereocenters. The second-order valence-corrected chi connectivity index (χ2v) is 5.57. The highest BCUT2D eigenvalue weighted by molar-refractivity contribution is 5.73. The van der Waals surface area contributed by atoms with E-state index in [1.807, 2.05) is 54.6 Å². The molecule has 0 radical (unpaired) electrons. The quantitative estimate of drug-likeness (QED) is 0.368. The number of fused-ring (bicyclic) bond motifs is 1. The molecule has 5 nitrogen and oxygen atoms in total. The molecule has 0 aliphatic carbocycles. The minimum absolute atomic E-state index is 0.473. The molecule has 124 valence electrons. The molecule has 2 aromatic rings. The lowest BCUT2D eigenvalue weighted by Gasteiger charge is -2.21. The highest BCUT2D eigenvalue weighted by atomic mass is 16.5. The fourth-order valence-electron chi connectivity index (χ4n) is 2.60. The first-order chi connectivity index (χ1) is 11.8. The van der Waals surface area contributed by atoms with Gasteiger partial charge in [0.15, 0.2) is 0 Å². The van der Waals surface area contributed by atoms with Gasteiger partial charge in [-0.1, -0.05) is 30.3 Å². The fraction of sp³-hybridized carbons (Fsp3) is 0.211. The lowest BCUT2D eigenvalue weighted by atomic mass is 9.99. The first-order valence-corrected chi connectivity index (χ1v) is 7.86. The SMILES string of the molecule is NN(C=O)CCC1=CCOc2cc(OCc3ccccc3)ccc21. The molecule has 24 heavy (non-hydrogen) atoms. The van der Waals surface area contributed by atoms with Gasteiger partial charge in [-0.25, -0.2) is 5.84 Å². The minimum Gasteiger partial charge on any atom is -0.489 e. The van der Waals surface area contributed by atoms with Crippen molar-refractivity contribution >= 4 is 12.0 Å². The molecule has 1 amide bonds. The molecular formula is C19H20N2O3. The Morgan fingerprint density at radius 3 is 2.83 bits per heavy atom. The van der Waals surface area contributed by atoms with Gasteiger partial charge in [0.1, 0.15) is 24.7 Å². The molecular weight excluding hydrogens is 304 g/mol. The van der Waals surface area contributed by atoms with Gasteiger partial charge in [0.05, 0.1) is 0 Å². The summed E-state index contributed by atoms with van der Waals surface area (Å²) in [4.78, 5) is 10.6. The Bertz CT molecular complexity index is 729. The molecule has 3 rings (SSSR count). The number of hydrogen-bond donors (Lipinski definition) is 1. The molecule has 5 heteroatoms. The van der Waals surface area contributed by atoms with Gasteiger partial charge in [-0.05, 0) is 35.8 Å². The third-order valence-corrected chi connectivity index (χ3v) is 3.89. The lowest BCUT2D eigenvalue weighted by molar-refractivity contribution is -0.118. The molecule has 0 bridgehead atoms. The maximum absolute atomic E-state index is 10.6. The largest absolute Gasteiger partial charge is 0.489 e. The van der Waals surface area contributed by atoms with Crippen LogP contribution in [0, 0.1) is 0 Å². The van der Waals surface area contributed by atoms with Crippen LogP contribution in [-0.4, -0.2) is 24.6 Å². The molecule has 0 saturated carbocycles. The number of hydrazine groups is 1. The zero-order valence-electron chi connectivity index (χ0n) is 13.4. The van der Waals surface area contributed by atoms with Crippen molar-refractivity contribution in [3.05, 3.63) is 65.7 Å². The van der Waals surface area contributed by atoms with Crippen molar-refractivity contribution in [3.8, 4) is 11.5 Å². The van der Waals surface area contributed by atoms with Crippen LogP contribution >= 0.6 is 0 Å². The number of carbonyl (C=O) groups is 1. The number of rotatable bonds is 7. The number of amides is 1. The van der Waals surface area contributed by atoms with E-state index in [4.69, 9.17) is 15.3 Å². The summed E-state index contributed by atoms with van der Waals surface area (Å²) in [6.45, 7) is 1.50. The van der Waals surface area contributed by atoms with E-state index < -0.39 is 0 Å². The van der Waals surface area contributed by atoms with E-state index >= 15 is 0 Å². The molecule has 0 aromatic heterocycles. The van der Waals surface area contributed by atoms with E-state index in [-0.39, 0.29) is 0 Å². The van der Waals surface area contributed by atoms with Gasteiger partial charge < -0.3 is 9.47 Å². The number of ether oxygens (including phenoxy) is 2. The van der Waals surface area contributed by atoms with Crippen LogP contribution in [0.4, 0.5) is 0 Å². The monoisotopic (exact) mass is 324 g/mol. The maximum atomic E-state index is 10.6. The Kier molecular flexibility index (Phi) is 5.13. The van der Waals surface area contributed by atoms with Gasteiger partial charge in [0.25, 0.3) is 0 Å². The Morgan fingerprint density at radius 1 is 1.21 bits per heavy atom. The van der Waals surface area contributed by atoms with E-state index in [9.17, 15) is 4.79 Å². The van der Waals surface area contributed by atoms with E-state index in [1.165, 1.54) is 0 Å². The van der Waals surface area contributed by atoms with Crippen LogP contribution in [0.2, 0.25) is 0 Å². The number of nitrogens with zero attached hydrogens (tertiary/aromatic N) is 1. The molecule has 0 spiro atoms. The summed E-state index contributed by atoms with van der Waals surface area (Å²) < 4.78 is 11.5. The first-order valence-electron chi connectivity index (χ1n) is 7.86. The summed E-state index contributed by atoms with van der Waals surface area (Å²) in [7, 11) is 0. The van der Waals surface area contributed by atoms with E-state index in [1.54, 1.807) is 0 Å². The molecule has 0 saturated heterocycles. The average molecular weight is 324 g/mol. The fourth-order valence-corrected chi connectivity index (χ4v) is 2.60. The first kappa shape index (κ1) is 16.1. The van der Waals surface area contributed by atoms with Crippen LogP contribution in [0.25, 0.3) is 5.57 Å². The smallest absolute Gasteiger partial charge is 0.223 e. The zero-order valence-corrected chi connectivity index (χ0v) is 13.4. The molecule has 2 aromatic carbocycles. The molecule has 1 heterocycles. The predicted molar refractivity (Wildman–Crippen MR) is 92.3 cm³/mol. The normalized spacial score (nSPS) is 12.6. The summed E-state index contributed by atoms with van der Waals surface area (Å²) in [6.07, 6.45) is 3.34. The second kappa shape index (κ2) is 7.66. The topological polar surface area (TPSA) is 64.8 Å². The minimum atomic E-state index is 0.473. The van der Waals surface area contributed by atoms with Crippen molar-refractivity contribution < 1.29 is 14.3 Å². The van der Waals surface area contributed by atoms with Crippen molar-refractivity contribution in [1.82, 2.24) is 5.01 Å². The van der Waals surface area contributed by atoms with E-state index in [0.717, 1.165) is 33.2 Å². The summed E-state index contributed by atoms with van der Waals surface area (Å²) in [5.41, 5.74) is 3.27. The van der Waals surface area contributed by atoms with Crippen molar-refractivity contribution in [3.63, 3.8) is 0 Å². The van der Waals surface area contributed by atoms with Gasteiger partial charge in [-0.15, -0.1) is 0 Å². The Labute approximate surface area is 141 Å². The van der Waals surface area contributed by atoms with Crippen LogP contribution in [0.15, 0.2) is 54.6 Å².